The van der Waals surface area contributed by atoms with E-state index in [0.717, 1.165) is 68.4 Å². The summed E-state index contributed by atoms with van der Waals surface area (Å²) in [7, 11) is 0. The van der Waals surface area contributed by atoms with Crippen LogP contribution >= 0.6 is 11.8 Å². The smallest absolute Gasteiger partial charge is 0.254 e. The number of likely N-dealkylation sites (tertiary alicyclic amines) is 3. The number of benzene rings is 1. The summed E-state index contributed by atoms with van der Waals surface area (Å²) >= 11 is 1.52. The number of piperidine rings is 2. The van der Waals surface area contributed by atoms with Crippen LogP contribution in [0.2, 0.25) is 0 Å². The maximum atomic E-state index is 13.4. The lowest BCUT2D eigenvalue weighted by Gasteiger charge is -2.38. The monoisotopic (exact) mass is 443 g/mol. The Kier molecular flexibility index (Phi) is 7.94. The fourth-order valence-corrected chi connectivity index (χ4v) is 6.09. The molecule has 3 heterocycles. The molecule has 170 valence electrons. The Morgan fingerprint density at radius 3 is 2.42 bits per heavy atom. The summed E-state index contributed by atoms with van der Waals surface area (Å²) in [6.45, 7) is 9.35. The zero-order valence-corrected chi connectivity index (χ0v) is 19.7. The molecule has 3 aliphatic heterocycles. The van der Waals surface area contributed by atoms with E-state index in [-0.39, 0.29) is 11.8 Å². The fourth-order valence-electron chi connectivity index (χ4n) is 5.15. The van der Waals surface area contributed by atoms with Crippen molar-refractivity contribution in [2.75, 3.05) is 51.6 Å². The van der Waals surface area contributed by atoms with Crippen molar-refractivity contribution in [3.8, 4) is 0 Å². The Bertz CT molecular complexity index is 757. The average Bonchev–Trinajstić information content (AvgIpc) is 3.34. The summed E-state index contributed by atoms with van der Waals surface area (Å²) in [4.78, 5) is 33.4. The Morgan fingerprint density at radius 2 is 1.65 bits per heavy atom. The van der Waals surface area contributed by atoms with E-state index in [1.54, 1.807) is 0 Å². The highest BCUT2D eigenvalue weighted by Gasteiger charge is 2.28. The molecule has 0 N–H and O–H groups in total. The molecule has 1 aromatic rings. The predicted molar refractivity (Wildman–Crippen MR) is 126 cm³/mol. The zero-order chi connectivity index (χ0) is 21.6. The van der Waals surface area contributed by atoms with Gasteiger partial charge in [-0.15, -0.1) is 11.8 Å². The molecular formula is C25H37N3O2S. The van der Waals surface area contributed by atoms with Crippen LogP contribution < -0.4 is 0 Å². The number of amides is 2. The van der Waals surface area contributed by atoms with Gasteiger partial charge in [0, 0.05) is 37.6 Å². The van der Waals surface area contributed by atoms with Gasteiger partial charge in [0.25, 0.3) is 5.91 Å². The minimum Gasteiger partial charge on any atom is -0.342 e. The summed E-state index contributed by atoms with van der Waals surface area (Å²) in [5.41, 5.74) is 0.758. The quantitative estimate of drug-likeness (QED) is 0.624. The van der Waals surface area contributed by atoms with Gasteiger partial charge in [-0.3, -0.25) is 9.59 Å². The summed E-state index contributed by atoms with van der Waals surface area (Å²) < 4.78 is 0. The predicted octanol–water partition coefficient (Wildman–Crippen LogP) is 3.99. The number of thioether (sulfide) groups is 1. The summed E-state index contributed by atoms with van der Waals surface area (Å²) in [5, 5.41) is 0. The van der Waals surface area contributed by atoms with E-state index in [9.17, 15) is 9.59 Å². The van der Waals surface area contributed by atoms with E-state index in [1.807, 2.05) is 29.2 Å². The van der Waals surface area contributed by atoms with Crippen LogP contribution in [0.1, 0.15) is 55.8 Å². The molecule has 31 heavy (non-hydrogen) atoms. The van der Waals surface area contributed by atoms with Crippen molar-refractivity contribution >= 4 is 23.6 Å². The highest BCUT2D eigenvalue weighted by atomic mass is 32.2. The van der Waals surface area contributed by atoms with Crippen LogP contribution in [0, 0.1) is 11.8 Å². The highest BCUT2D eigenvalue weighted by Crippen LogP contribution is 2.27. The summed E-state index contributed by atoms with van der Waals surface area (Å²) in [6.07, 6.45) is 7.13. The number of hydrogen-bond donors (Lipinski definition) is 0. The first-order valence-corrected chi connectivity index (χ1v) is 13.1. The first-order chi connectivity index (χ1) is 15.1. The molecule has 3 fully saturated rings. The van der Waals surface area contributed by atoms with E-state index in [0.29, 0.717) is 11.7 Å². The molecule has 0 aromatic heterocycles. The zero-order valence-electron chi connectivity index (χ0n) is 18.9. The SMILES string of the molecule is CC1CCN(CC2CCCN(C(=O)c3ccccc3SCC(=O)N3CCCC3)C2)CC1. The number of carbonyl (C=O) groups excluding carboxylic acids is 2. The van der Waals surface area contributed by atoms with Crippen molar-refractivity contribution in [3.05, 3.63) is 29.8 Å². The van der Waals surface area contributed by atoms with Gasteiger partial charge in [-0.05, 0) is 75.6 Å². The molecule has 1 atom stereocenters. The van der Waals surface area contributed by atoms with E-state index in [4.69, 9.17) is 0 Å². The maximum Gasteiger partial charge on any atom is 0.254 e. The summed E-state index contributed by atoms with van der Waals surface area (Å²) in [5.74, 6) is 2.17. The Morgan fingerprint density at radius 1 is 0.935 bits per heavy atom. The molecule has 0 aliphatic carbocycles. The lowest BCUT2D eigenvalue weighted by molar-refractivity contribution is -0.127. The Hall–Kier alpha value is -1.53. The third-order valence-corrected chi connectivity index (χ3v) is 8.18. The van der Waals surface area contributed by atoms with Crippen LogP contribution in [-0.4, -0.2) is 78.1 Å². The first kappa shape index (κ1) is 22.7. The van der Waals surface area contributed by atoms with Gasteiger partial charge in [-0.2, -0.15) is 0 Å². The fraction of sp³-hybridized carbons (Fsp3) is 0.680. The van der Waals surface area contributed by atoms with Gasteiger partial charge < -0.3 is 14.7 Å². The molecule has 1 aromatic carbocycles. The second-order valence-electron chi connectivity index (χ2n) is 9.62. The van der Waals surface area contributed by atoms with Crippen molar-refractivity contribution in [1.29, 1.82) is 0 Å². The number of carbonyl (C=O) groups is 2. The highest BCUT2D eigenvalue weighted by molar-refractivity contribution is 8.00. The summed E-state index contributed by atoms with van der Waals surface area (Å²) in [6, 6.07) is 7.83. The van der Waals surface area contributed by atoms with Gasteiger partial charge in [0.2, 0.25) is 5.91 Å². The second kappa shape index (κ2) is 10.9. The van der Waals surface area contributed by atoms with Crippen molar-refractivity contribution in [1.82, 2.24) is 14.7 Å². The van der Waals surface area contributed by atoms with Gasteiger partial charge in [-0.25, -0.2) is 0 Å². The van der Waals surface area contributed by atoms with Crippen molar-refractivity contribution in [2.24, 2.45) is 11.8 Å². The van der Waals surface area contributed by atoms with Crippen LogP contribution in [0.25, 0.3) is 0 Å². The van der Waals surface area contributed by atoms with Gasteiger partial charge in [-0.1, -0.05) is 19.1 Å². The molecule has 0 bridgehead atoms. The third kappa shape index (κ3) is 6.04. The molecule has 6 heteroatoms. The van der Waals surface area contributed by atoms with E-state index >= 15 is 0 Å². The van der Waals surface area contributed by atoms with E-state index < -0.39 is 0 Å². The molecule has 0 radical (unpaired) electrons. The molecule has 5 nitrogen and oxygen atoms in total. The van der Waals surface area contributed by atoms with Gasteiger partial charge >= 0.3 is 0 Å². The minimum absolute atomic E-state index is 0.133. The van der Waals surface area contributed by atoms with Crippen LogP contribution in [0.4, 0.5) is 0 Å². The van der Waals surface area contributed by atoms with Crippen molar-refractivity contribution in [3.63, 3.8) is 0 Å². The normalized spacial score (nSPS) is 23.3. The first-order valence-electron chi connectivity index (χ1n) is 12.1. The van der Waals surface area contributed by atoms with Gasteiger partial charge in [0.1, 0.15) is 0 Å². The largest absolute Gasteiger partial charge is 0.342 e. The standard InChI is InChI=1S/C25H37N3O2S/c1-20-10-15-26(16-11-20)17-21-7-6-14-28(18-21)25(30)22-8-2-3-9-23(22)31-19-24(29)27-12-4-5-13-27/h2-3,8-9,20-21H,4-7,10-19H2,1H3. The lowest BCUT2D eigenvalue weighted by Crippen LogP contribution is -2.45. The molecule has 3 aliphatic rings. The van der Waals surface area contributed by atoms with Crippen LogP contribution in [0.15, 0.2) is 29.2 Å². The topological polar surface area (TPSA) is 43.9 Å². The lowest BCUT2D eigenvalue weighted by atomic mass is 9.94. The van der Waals surface area contributed by atoms with Crippen LogP contribution in [0.3, 0.4) is 0 Å². The molecular weight excluding hydrogens is 406 g/mol. The molecule has 3 saturated heterocycles. The van der Waals surface area contributed by atoms with Crippen LogP contribution in [-0.2, 0) is 4.79 Å². The van der Waals surface area contributed by atoms with Crippen LogP contribution in [0.5, 0.6) is 0 Å². The number of hydrogen-bond acceptors (Lipinski definition) is 4. The molecule has 0 saturated carbocycles. The average molecular weight is 444 g/mol. The molecule has 0 spiro atoms. The minimum atomic E-state index is 0.133. The van der Waals surface area contributed by atoms with Crippen molar-refractivity contribution < 1.29 is 9.59 Å². The number of rotatable bonds is 6. The molecule has 1 unspecified atom stereocenters. The van der Waals surface area contributed by atoms with E-state index in [2.05, 4.69) is 16.7 Å². The maximum absolute atomic E-state index is 13.4. The molecule has 4 rings (SSSR count). The third-order valence-electron chi connectivity index (χ3n) is 7.13. The molecule has 2 amide bonds. The number of nitrogens with zero attached hydrogens (tertiary/aromatic N) is 3. The van der Waals surface area contributed by atoms with Gasteiger partial charge in [0.15, 0.2) is 0 Å². The Balaban J connectivity index is 1.34. The van der Waals surface area contributed by atoms with Gasteiger partial charge in [0.05, 0.1) is 11.3 Å². The Labute approximate surface area is 191 Å². The van der Waals surface area contributed by atoms with Crippen molar-refractivity contribution in [2.45, 2.75) is 50.3 Å². The second-order valence-corrected chi connectivity index (χ2v) is 10.6. The van der Waals surface area contributed by atoms with E-state index in [1.165, 1.54) is 44.1 Å².